The third-order valence-electron chi connectivity index (χ3n) is 2.72. The second-order valence-electron chi connectivity index (χ2n) is 4.03. The number of halogens is 1. The molecule has 19 heavy (non-hydrogen) atoms. The van der Waals surface area contributed by atoms with Gasteiger partial charge >= 0.3 is 0 Å². The number of pyridine rings is 1. The first-order valence-corrected chi connectivity index (χ1v) is 6.60. The quantitative estimate of drug-likeness (QED) is 0.937. The van der Waals surface area contributed by atoms with E-state index in [4.69, 9.17) is 4.74 Å². The van der Waals surface area contributed by atoms with Gasteiger partial charge in [0.15, 0.2) is 5.82 Å². The molecule has 6 heteroatoms. The van der Waals surface area contributed by atoms with E-state index in [0.29, 0.717) is 12.4 Å². The van der Waals surface area contributed by atoms with Crippen LogP contribution in [0, 0.1) is 6.92 Å². The van der Waals surface area contributed by atoms with Crippen LogP contribution in [0.2, 0.25) is 0 Å². The van der Waals surface area contributed by atoms with Gasteiger partial charge in [0.25, 0.3) is 0 Å². The molecule has 0 saturated carbocycles. The van der Waals surface area contributed by atoms with Gasteiger partial charge in [-0.15, -0.1) is 0 Å². The first kappa shape index (κ1) is 13.9. The van der Waals surface area contributed by atoms with Crippen molar-refractivity contribution in [1.29, 1.82) is 0 Å². The summed E-state index contributed by atoms with van der Waals surface area (Å²) in [6, 6.07) is 1.94. The van der Waals surface area contributed by atoms with Gasteiger partial charge in [-0.25, -0.2) is 9.97 Å². The lowest BCUT2D eigenvalue weighted by molar-refractivity contribution is 0.181. The SMILES string of the molecule is CNc1nc(-c2cnccc2C)nc(COC)c1Br. The second-order valence-corrected chi connectivity index (χ2v) is 4.82. The molecule has 1 N–H and O–H groups in total. The Bertz CT molecular complexity index is 589. The summed E-state index contributed by atoms with van der Waals surface area (Å²) in [6.45, 7) is 2.43. The largest absolute Gasteiger partial charge is 0.378 e. The molecule has 2 aromatic heterocycles. The van der Waals surface area contributed by atoms with Gasteiger partial charge in [-0.1, -0.05) is 0 Å². The first-order valence-electron chi connectivity index (χ1n) is 5.81. The zero-order valence-electron chi connectivity index (χ0n) is 11.1. The summed E-state index contributed by atoms with van der Waals surface area (Å²) in [6.07, 6.45) is 3.53. The first-order chi connectivity index (χ1) is 9.17. The Morgan fingerprint density at radius 1 is 1.37 bits per heavy atom. The number of rotatable bonds is 4. The van der Waals surface area contributed by atoms with E-state index >= 15 is 0 Å². The Morgan fingerprint density at radius 2 is 2.16 bits per heavy atom. The summed E-state index contributed by atoms with van der Waals surface area (Å²) in [5.41, 5.74) is 2.81. The molecule has 0 aliphatic carbocycles. The van der Waals surface area contributed by atoms with Crippen molar-refractivity contribution in [3.05, 3.63) is 34.2 Å². The van der Waals surface area contributed by atoms with Crippen LogP contribution >= 0.6 is 15.9 Å². The van der Waals surface area contributed by atoms with Crippen molar-refractivity contribution in [2.75, 3.05) is 19.5 Å². The Labute approximate surface area is 120 Å². The minimum atomic E-state index is 0.421. The topological polar surface area (TPSA) is 59.9 Å². The number of aromatic nitrogens is 3. The third-order valence-corrected chi connectivity index (χ3v) is 3.55. The summed E-state index contributed by atoms with van der Waals surface area (Å²) in [5.74, 6) is 1.38. The number of nitrogens with one attached hydrogen (secondary N) is 1. The highest BCUT2D eigenvalue weighted by molar-refractivity contribution is 9.10. The summed E-state index contributed by atoms with van der Waals surface area (Å²) in [4.78, 5) is 13.2. The molecule has 0 saturated heterocycles. The third kappa shape index (κ3) is 2.90. The van der Waals surface area contributed by atoms with Crippen molar-refractivity contribution in [2.45, 2.75) is 13.5 Å². The monoisotopic (exact) mass is 322 g/mol. The summed E-state index contributed by atoms with van der Waals surface area (Å²) < 4.78 is 5.99. The van der Waals surface area contributed by atoms with Gasteiger partial charge in [0.05, 0.1) is 16.8 Å². The number of ether oxygens (including phenoxy) is 1. The number of hydrogen-bond donors (Lipinski definition) is 1. The maximum absolute atomic E-state index is 5.17. The fraction of sp³-hybridized carbons (Fsp3) is 0.308. The lowest BCUT2D eigenvalue weighted by atomic mass is 10.1. The van der Waals surface area contributed by atoms with Gasteiger partial charge in [0.2, 0.25) is 0 Å². The molecule has 0 aliphatic rings. The predicted octanol–water partition coefficient (Wildman–Crippen LogP) is 2.80. The average Bonchev–Trinajstić information content (AvgIpc) is 2.42. The van der Waals surface area contributed by atoms with Crippen LogP contribution in [0.25, 0.3) is 11.4 Å². The molecular weight excluding hydrogens is 308 g/mol. The lowest BCUT2D eigenvalue weighted by Crippen LogP contribution is -2.05. The number of anilines is 1. The minimum absolute atomic E-state index is 0.421. The molecule has 100 valence electrons. The minimum Gasteiger partial charge on any atom is -0.378 e. The van der Waals surface area contributed by atoms with Crippen LogP contribution in [-0.4, -0.2) is 29.1 Å². The van der Waals surface area contributed by atoms with Gasteiger partial charge in [-0.2, -0.15) is 0 Å². The van der Waals surface area contributed by atoms with Gasteiger partial charge in [0.1, 0.15) is 5.82 Å². The van der Waals surface area contributed by atoms with Gasteiger partial charge in [0, 0.05) is 32.1 Å². The maximum Gasteiger partial charge on any atom is 0.163 e. The molecule has 0 unspecified atom stereocenters. The highest BCUT2D eigenvalue weighted by Gasteiger charge is 2.13. The average molecular weight is 323 g/mol. The van der Waals surface area contributed by atoms with Crippen LogP contribution in [0.15, 0.2) is 22.9 Å². The van der Waals surface area contributed by atoms with E-state index in [9.17, 15) is 0 Å². The normalized spacial score (nSPS) is 10.5. The highest BCUT2D eigenvalue weighted by atomic mass is 79.9. The molecule has 0 aliphatic heterocycles. The molecule has 0 aromatic carbocycles. The maximum atomic E-state index is 5.17. The van der Waals surface area contributed by atoms with E-state index in [-0.39, 0.29) is 0 Å². The molecule has 0 amide bonds. The van der Waals surface area contributed by atoms with Crippen molar-refractivity contribution in [2.24, 2.45) is 0 Å². The molecule has 0 spiro atoms. The van der Waals surface area contributed by atoms with Crippen LogP contribution in [0.3, 0.4) is 0 Å². The molecule has 0 radical (unpaired) electrons. The number of aryl methyl sites for hydroxylation is 1. The van der Waals surface area contributed by atoms with E-state index < -0.39 is 0 Å². The zero-order valence-corrected chi connectivity index (χ0v) is 12.7. The van der Waals surface area contributed by atoms with Crippen LogP contribution in [0.4, 0.5) is 5.82 Å². The van der Waals surface area contributed by atoms with E-state index in [1.165, 1.54) is 0 Å². The van der Waals surface area contributed by atoms with E-state index in [1.807, 2.05) is 20.0 Å². The van der Waals surface area contributed by atoms with Crippen LogP contribution in [0.1, 0.15) is 11.3 Å². The molecule has 2 aromatic rings. The molecular formula is C13H15BrN4O. The van der Waals surface area contributed by atoms with E-state index in [1.54, 1.807) is 19.5 Å². The summed E-state index contributed by atoms with van der Waals surface area (Å²) >= 11 is 3.48. The lowest BCUT2D eigenvalue weighted by Gasteiger charge is -2.11. The van der Waals surface area contributed by atoms with Gasteiger partial charge in [-0.05, 0) is 34.5 Å². The second kappa shape index (κ2) is 6.08. The Morgan fingerprint density at radius 3 is 2.79 bits per heavy atom. The molecule has 0 bridgehead atoms. The van der Waals surface area contributed by atoms with E-state index in [0.717, 1.165) is 27.1 Å². The van der Waals surface area contributed by atoms with Crippen molar-refractivity contribution in [1.82, 2.24) is 15.0 Å². The molecule has 2 rings (SSSR count). The van der Waals surface area contributed by atoms with Crippen LogP contribution in [-0.2, 0) is 11.3 Å². The number of methoxy groups -OCH3 is 1. The van der Waals surface area contributed by atoms with E-state index in [2.05, 4.69) is 36.2 Å². The number of nitrogens with zero attached hydrogens (tertiary/aromatic N) is 3. The predicted molar refractivity (Wildman–Crippen MR) is 78.0 cm³/mol. The molecule has 5 nitrogen and oxygen atoms in total. The van der Waals surface area contributed by atoms with Crippen molar-refractivity contribution in [3.63, 3.8) is 0 Å². The van der Waals surface area contributed by atoms with Crippen molar-refractivity contribution in [3.8, 4) is 11.4 Å². The number of hydrogen-bond acceptors (Lipinski definition) is 5. The summed E-state index contributed by atoms with van der Waals surface area (Å²) in [7, 11) is 3.46. The Balaban J connectivity index is 2.58. The van der Waals surface area contributed by atoms with Crippen LogP contribution < -0.4 is 5.32 Å². The van der Waals surface area contributed by atoms with Crippen LogP contribution in [0.5, 0.6) is 0 Å². The highest BCUT2D eigenvalue weighted by Crippen LogP contribution is 2.28. The van der Waals surface area contributed by atoms with Gasteiger partial charge < -0.3 is 10.1 Å². The summed E-state index contributed by atoms with van der Waals surface area (Å²) in [5, 5.41) is 3.05. The fourth-order valence-corrected chi connectivity index (χ4v) is 2.20. The van der Waals surface area contributed by atoms with Gasteiger partial charge in [-0.3, -0.25) is 4.98 Å². The zero-order chi connectivity index (χ0) is 13.8. The van der Waals surface area contributed by atoms with Crippen molar-refractivity contribution < 1.29 is 4.74 Å². The fourth-order valence-electron chi connectivity index (χ4n) is 1.71. The molecule has 0 fully saturated rings. The Kier molecular flexibility index (Phi) is 4.44. The standard InChI is InChI=1S/C13H15BrN4O/c1-8-4-5-16-6-9(8)12-17-10(7-19-3)11(14)13(15-2)18-12/h4-6H,7H2,1-3H3,(H,15,17,18). The Hall–Kier alpha value is -1.53. The smallest absolute Gasteiger partial charge is 0.163 e. The molecule has 2 heterocycles. The molecule has 0 atom stereocenters. The van der Waals surface area contributed by atoms with Crippen molar-refractivity contribution >= 4 is 21.7 Å².